The molecule has 0 aliphatic rings. The lowest BCUT2D eigenvalue weighted by molar-refractivity contribution is -0.153. The summed E-state index contributed by atoms with van der Waals surface area (Å²) < 4.78 is 10.5. The predicted octanol–water partition coefficient (Wildman–Crippen LogP) is 2.52. The van der Waals surface area contributed by atoms with E-state index in [0.29, 0.717) is 10.8 Å². The highest BCUT2D eigenvalue weighted by molar-refractivity contribution is 6.30. The number of rotatable bonds is 6. The van der Waals surface area contributed by atoms with Gasteiger partial charge < -0.3 is 14.4 Å². The molecule has 0 aliphatic carbocycles. The second-order valence-corrected chi connectivity index (χ2v) is 5.47. The van der Waals surface area contributed by atoms with E-state index in [9.17, 15) is 9.59 Å². The quantitative estimate of drug-likeness (QED) is 0.757. The van der Waals surface area contributed by atoms with Gasteiger partial charge in [0.15, 0.2) is 5.60 Å². The molecular weight excluding hydrogens is 294 g/mol. The first-order chi connectivity index (χ1) is 9.76. The van der Waals surface area contributed by atoms with Gasteiger partial charge in [0.2, 0.25) is 0 Å². The van der Waals surface area contributed by atoms with Crippen LogP contribution in [-0.2, 0) is 14.3 Å². The number of carbonyl (C=O) groups is 2. The average molecular weight is 314 g/mol. The number of benzene rings is 1. The van der Waals surface area contributed by atoms with Crippen LogP contribution in [-0.4, -0.2) is 42.6 Å². The van der Waals surface area contributed by atoms with Gasteiger partial charge in [-0.25, -0.2) is 0 Å². The van der Waals surface area contributed by atoms with Crippen LogP contribution in [0.5, 0.6) is 5.75 Å². The summed E-state index contributed by atoms with van der Waals surface area (Å²) >= 11 is 5.80. The average Bonchev–Trinajstić information content (AvgIpc) is 2.40. The Bertz CT molecular complexity index is 499. The molecule has 116 valence electrons. The van der Waals surface area contributed by atoms with Crippen LogP contribution in [0.2, 0.25) is 5.02 Å². The van der Waals surface area contributed by atoms with E-state index in [1.54, 1.807) is 45.0 Å². The summed E-state index contributed by atoms with van der Waals surface area (Å²) in [6.45, 7) is 5.18. The molecule has 0 aromatic heterocycles. The molecule has 1 rings (SSSR count). The van der Waals surface area contributed by atoms with E-state index in [-0.39, 0.29) is 19.1 Å². The molecule has 0 N–H and O–H groups in total. The summed E-state index contributed by atoms with van der Waals surface area (Å²) in [7, 11) is 1.53. The third-order valence-corrected chi connectivity index (χ3v) is 2.97. The van der Waals surface area contributed by atoms with Crippen molar-refractivity contribution >= 4 is 23.5 Å². The number of esters is 1. The molecule has 0 saturated heterocycles. The van der Waals surface area contributed by atoms with Gasteiger partial charge in [-0.1, -0.05) is 11.6 Å². The Hall–Kier alpha value is -1.75. The van der Waals surface area contributed by atoms with Crippen LogP contribution in [0, 0.1) is 0 Å². The molecular formula is C15H20ClNO4. The van der Waals surface area contributed by atoms with Gasteiger partial charge in [0.05, 0.1) is 6.61 Å². The van der Waals surface area contributed by atoms with Crippen LogP contribution >= 0.6 is 11.6 Å². The lowest BCUT2D eigenvalue weighted by Crippen LogP contribution is -2.48. The van der Waals surface area contributed by atoms with Crippen LogP contribution in [0.4, 0.5) is 0 Å². The van der Waals surface area contributed by atoms with Gasteiger partial charge in [-0.2, -0.15) is 0 Å². The number of likely N-dealkylation sites (N-methyl/N-ethyl adjacent to an activating group) is 1. The predicted molar refractivity (Wildman–Crippen MR) is 80.4 cm³/mol. The minimum atomic E-state index is -1.10. The highest BCUT2D eigenvalue weighted by Crippen LogP contribution is 2.22. The normalized spacial score (nSPS) is 10.9. The lowest BCUT2D eigenvalue weighted by Gasteiger charge is -2.29. The van der Waals surface area contributed by atoms with Crippen LogP contribution in [0.1, 0.15) is 20.8 Å². The van der Waals surface area contributed by atoms with Crippen molar-refractivity contribution in [3.05, 3.63) is 29.3 Å². The van der Waals surface area contributed by atoms with Gasteiger partial charge in [-0.3, -0.25) is 9.59 Å². The third kappa shape index (κ3) is 5.27. The smallest absolute Gasteiger partial charge is 0.325 e. The van der Waals surface area contributed by atoms with Crippen molar-refractivity contribution in [1.29, 1.82) is 0 Å². The van der Waals surface area contributed by atoms with Crippen molar-refractivity contribution in [2.24, 2.45) is 0 Å². The highest BCUT2D eigenvalue weighted by atomic mass is 35.5. The molecule has 0 fully saturated rings. The van der Waals surface area contributed by atoms with Crippen molar-refractivity contribution in [3.8, 4) is 5.75 Å². The van der Waals surface area contributed by atoms with E-state index in [2.05, 4.69) is 0 Å². The summed E-state index contributed by atoms with van der Waals surface area (Å²) in [4.78, 5) is 25.0. The van der Waals surface area contributed by atoms with Crippen molar-refractivity contribution in [2.45, 2.75) is 26.4 Å². The number of amides is 1. The summed E-state index contributed by atoms with van der Waals surface area (Å²) in [6.07, 6.45) is 0. The van der Waals surface area contributed by atoms with E-state index in [1.165, 1.54) is 11.9 Å². The summed E-state index contributed by atoms with van der Waals surface area (Å²) in [6, 6.07) is 6.73. The maximum absolute atomic E-state index is 12.3. The Kier molecular flexibility index (Phi) is 6.03. The Balaban J connectivity index is 2.69. The SMILES string of the molecule is CCOC(=O)CN(C)C(=O)C(C)(C)Oc1ccc(Cl)cc1. The summed E-state index contributed by atoms with van der Waals surface area (Å²) in [5.74, 6) is -0.233. The summed E-state index contributed by atoms with van der Waals surface area (Å²) in [5.41, 5.74) is -1.10. The Morgan fingerprint density at radius 3 is 2.33 bits per heavy atom. The van der Waals surface area contributed by atoms with Crippen LogP contribution in [0.15, 0.2) is 24.3 Å². The number of halogens is 1. The monoisotopic (exact) mass is 313 g/mol. The van der Waals surface area contributed by atoms with Gasteiger partial charge in [0.25, 0.3) is 5.91 Å². The molecule has 0 spiro atoms. The molecule has 6 heteroatoms. The second-order valence-electron chi connectivity index (χ2n) is 5.03. The first-order valence-electron chi connectivity index (χ1n) is 6.62. The first kappa shape index (κ1) is 17.3. The summed E-state index contributed by atoms with van der Waals surface area (Å²) in [5, 5.41) is 0.589. The van der Waals surface area contributed by atoms with E-state index < -0.39 is 11.6 Å². The molecule has 0 saturated carbocycles. The molecule has 0 heterocycles. The topological polar surface area (TPSA) is 55.8 Å². The Morgan fingerprint density at radius 2 is 1.81 bits per heavy atom. The molecule has 21 heavy (non-hydrogen) atoms. The van der Waals surface area contributed by atoms with E-state index in [4.69, 9.17) is 21.1 Å². The molecule has 1 aromatic rings. The molecule has 0 aliphatic heterocycles. The number of nitrogens with zero attached hydrogens (tertiary/aromatic N) is 1. The molecule has 0 radical (unpaired) electrons. The zero-order chi connectivity index (χ0) is 16.0. The number of carbonyl (C=O) groups excluding carboxylic acids is 2. The maximum Gasteiger partial charge on any atom is 0.325 e. The molecule has 0 unspecified atom stereocenters. The third-order valence-electron chi connectivity index (χ3n) is 2.72. The zero-order valence-corrected chi connectivity index (χ0v) is 13.4. The van der Waals surface area contributed by atoms with E-state index in [1.807, 2.05) is 0 Å². The lowest BCUT2D eigenvalue weighted by atomic mass is 10.1. The fraction of sp³-hybridized carbons (Fsp3) is 0.467. The van der Waals surface area contributed by atoms with Crippen molar-refractivity contribution in [2.75, 3.05) is 20.2 Å². The highest BCUT2D eigenvalue weighted by Gasteiger charge is 2.33. The van der Waals surface area contributed by atoms with Crippen LogP contribution in [0.25, 0.3) is 0 Å². The number of hydrogen-bond acceptors (Lipinski definition) is 4. The van der Waals surface area contributed by atoms with Crippen LogP contribution < -0.4 is 4.74 Å². The maximum atomic E-state index is 12.3. The van der Waals surface area contributed by atoms with Gasteiger partial charge in [0, 0.05) is 12.1 Å². The minimum Gasteiger partial charge on any atom is -0.478 e. The number of ether oxygens (including phenoxy) is 2. The van der Waals surface area contributed by atoms with Gasteiger partial charge in [0.1, 0.15) is 12.3 Å². The number of hydrogen-bond donors (Lipinski definition) is 0. The van der Waals surface area contributed by atoms with E-state index in [0.717, 1.165) is 0 Å². The van der Waals surface area contributed by atoms with Gasteiger partial charge in [-0.05, 0) is 45.0 Å². The molecule has 0 bridgehead atoms. The van der Waals surface area contributed by atoms with Crippen molar-refractivity contribution in [3.63, 3.8) is 0 Å². The minimum absolute atomic E-state index is 0.111. The Morgan fingerprint density at radius 1 is 1.24 bits per heavy atom. The molecule has 1 amide bonds. The first-order valence-corrected chi connectivity index (χ1v) is 7.00. The van der Waals surface area contributed by atoms with E-state index >= 15 is 0 Å². The second kappa shape index (κ2) is 7.31. The van der Waals surface area contributed by atoms with Crippen molar-refractivity contribution in [1.82, 2.24) is 4.90 Å². The largest absolute Gasteiger partial charge is 0.478 e. The Labute approximate surface area is 129 Å². The standard InChI is InChI=1S/C15H20ClNO4/c1-5-20-13(18)10-17(4)14(19)15(2,3)21-12-8-6-11(16)7-9-12/h6-9H,5,10H2,1-4H3. The van der Waals surface area contributed by atoms with Gasteiger partial charge >= 0.3 is 5.97 Å². The molecule has 1 aromatic carbocycles. The molecule has 5 nitrogen and oxygen atoms in total. The van der Waals surface area contributed by atoms with Crippen molar-refractivity contribution < 1.29 is 19.1 Å². The fourth-order valence-electron chi connectivity index (χ4n) is 1.77. The fourth-order valence-corrected chi connectivity index (χ4v) is 1.90. The zero-order valence-electron chi connectivity index (χ0n) is 12.7. The van der Waals surface area contributed by atoms with Gasteiger partial charge in [-0.15, -0.1) is 0 Å². The molecule has 0 atom stereocenters. The van der Waals surface area contributed by atoms with Crippen LogP contribution in [0.3, 0.4) is 0 Å².